The number of nitrogens with zero attached hydrogens (tertiary/aromatic N) is 2. The zero-order valence-corrected chi connectivity index (χ0v) is 12.4. The minimum atomic E-state index is 0.302. The number of hydrogen-bond acceptors (Lipinski definition) is 2. The van der Waals surface area contributed by atoms with Gasteiger partial charge in [-0.15, -0.1) is 6.58 Å². The van der Waals surface area contributed by atoms with Gasteiger partial charge in [-0.25, -0.2) is 4.98 Å². The Labute approximate surface area is 121 Å². The summed E-state index contributed by atoms with van der Waals surface area (Å²) in [6.45, 7) is 6.68. The molecule has 3 nitrogen and oxygen atoms in total. The van der Waals surface area contributed by atoms with Gasteiger partial charge in [-0.3, -0.25) is 0 Å². The van der Waals surface area contributed by atoms with Crippen LogP contribution in [-0.2, 0) is 12.0 Å². The van der Waals surface area contributed by atoms with Gasteiger partial charge in [-0.05, 0) is 63.2 Å². The van der Waals surface area contributed by atoms with Gasteiger partial charge >= 0.3 is 0 Å². The molecule has 4 aliphatic carbocycles. The highest BCUT2D eigenvalue weighted by atomic mass is 15.1. The highest BCUT2D eigenvalue weighted by molar-refractivity contribution is 5.45. The molecule has 4 saturated carbocycles. The maximum atomic E-state index is 6.46. The lowest BCUT2D eigenvalue weighted by Crippen LogP contribution is -2.49. The highest BCUT2D eigenvalue weighted by Gasteiger charge is 2.53. The van der Waals surface area contributed by atoms with E-state index in [1.54, 1.807) is 0 Å². The molecule has 4 bridgehead atoms. The monoisotopic (exact) mass is 271 g/mol. The second kappa shape index (κ2) is 4.12. The Morgan fingerprint density at radius 1 is 1.25 bits per heavy atom. The first-order valence-corrected chi connectivity index (χ1v) is 8.05. The third kappa shape index (κ3) is 1.61. The Bertz CT molecular complexity index is 520. The molecule has 0 saturated heterocycles. The quantitative estimate of drug-likeness (QED) is 0.856. The van der Waals surface area contributed by atoms with E-state index in [0.717, 1.165) is 35.9 Å². The zero-order valence-electron chi connectivity index (χ0n) is 12.4. The Balaban J connectivity index is 1.77. The summed E-state index contributed by atoms with van der Waals surface area (Å²) in [5.74, 6) is 4.76. The van der Waals surface area contributed by atoms with Crippen LogP contribution in [0, 0.1) is 24.7 Å². The van der Waals surface area contributed by atoms with Crippen LogP contribution in [0.2, 0.25) is 0 Å². The maximum absolute atomic E-state index is 6.46. The van der Waals surface area contributed by atoms with E-state index in [2.05, 4.69) is 18.1 Å². The number of nitrogen functional groups attached to an aromatic ring is 1. The van der Waals surface area contributed by atoms with Gasteiger partial charge in [0.1, 0.15) is 11.6 Å². The van der Waals surface area contributed by atoms with Gasteiger partial charge in [-0.1, -0.05) is 6.08 Å². The fourth-order valence-corrected chi connectivity index (χ4v) is 5.73. The van der Waals surface area contributed by atoms with E-state index in [9.17, 15) is 0 Å². The molecule has 0 unspecified atom stereocenters. The molecule has 0 aromatic carbocycles. The molecular formula is C17H25N3. The van der Waals surface area contributed by atoms with Crippen LogP contribution in [0.15, 0.2) is 12.7 Å². The van der Waals surface area contributed by atoms with Crippen molar-refractivity contribution in [3.05, 3.63) is 24.2 Å². The normalized spacial score (nSPS) is 38.4. The van der Waals surface area contributed by atoms with Gasteiger partial charge in [0.2, 0.25) is 0 Å². The van der Waals surface area contributed by atoms with Crippen LogP contribution < -0.4 is 5.73 Å². The number of imidazole rings is 1. The number of aryl methyl sites for hydroxylation is 1. The van der Waals surface area contributed by atoms with E-state index in [4.69, 9.17) is 10.7 Å². The molecule has 0 radical (unpaired) electrons. The van der Waals surface area contributed by atoms with Crippen LogP contribution in [-0.4, -0.2) is 9.55 Å². The van der Waals surface area contributed by atoms with Crippen molar-refractivity contribution in [2.24, 2.45) is 17.8 Å². The molecule has 2 N–H and O–H groups in total. The van der Waals surface area contributed by atoms with Crippen molar-refractivity contribution in [1.82, 2.24) is 9.55 Å². The fourth-order valence-electron chi connectivity index (χ4n) is 5.73. The minimum absolute atomic E-state index is 0.302. The molecule has 4 fully saturated rings. The van der Waals surface area contributed by atoms with Crippen molar-refractivity contribution >= 4 is 5.82 Å². The summed E-state index contributed by atoms with van der Waals surface area (Å²) in [6, 6.07) is 0. The van der Waals surface area contributed by atoms with Gasteiger partial charge in [0.25, 0.3) is 0 Å². The Kier molecular flexibility index (Phi) is 2.57. The van der Waals surface area contributed by atoms with Crippen molar-refractivity contribution in [3.63, 3.8) is 0 Å². The smallest absolute Gasteiger partial charge is 0.127 e. The van der Waals surface area contributed by atoms with Crippen LogP contribution in [0.5, 0.6) is 0 Å². The zero-order chi connectivity index (χ0) is 13.9. The SMILES string of the molecule is C=CCn1c(C)nc(C23CC4CC(CC(C4)C2)C3)c1N. The first kappa shape index (κ1) is 12.5. The molecular weight excluding hydrogens is 246 g/mol. The van der Waals surface area contributed by atoms with Crippen molar-refractivity contribution < 1.29 is 0 Å². The summed E-state index contributed by atoms with van der Waals surface area (Å²) < 4.78 is 2.13. The van der Waals surface area contributed by atoms with Gasteiger partial charge < -0.3 is 10.3 Å². The third-order valence-corrected chi connectivity index (χ3v) is 6.05. The van der Waals surface area contributed by atoms with Crippen LogP contribution in [0.4, 0.5) is 5.82 Å². The van der Waals surface area contributed by atoms with E-state index >= 15 is 0 Å². The van der Waals surface area contributed by atoms with Gasteiger partial charge in [0.15, 0.2) is 0 Å². The lowest BCUT2D eigenvalue weighted by Gasteiger charge is -2.56. The molecule has 20 heavy (non-hydrogen) atoms. The molecule has 1 heterocycles. The average molecular weight is 271 g/mol. The van der Waals surface area contributed by atoms with E-state index in [1.165, 1.54) is 44.2 Å². The Morgan fingerprint density at radius 3 is 2.30 bits per heavy atom. The van der Waals surface area contributed by atoms with E-state index in [0.29, 0.717) is 5.41 Å². The summed E-state index contributed by atoms with van der Waals surface area (Å²) >= 11 is 0. The summed E-state index contributed by atoms with van der Waals surface area (Å²) in [5, 5.41) is 0. The van der Waals surface area contributed by atoms with Crippen LogP contribution in [0.3, 0.4) is 0 Å². The average Bonchev–Trinajstić information content (AvgIpc) is 2.66. The predicted octanol–water partition coefficient (Wildman–Crippen LogP) is 3.43. The standard InChI is InChI=1S/C17H25N3/c1-3-4-20-11(2)19-15(16(20)18)17-8-12-5-13(9-17)7-14(6-12)10-17/h3,12-14H,1,4-10,18H2,2H3. The van der Waals surface area contributed by atoms with Gasteiger partial charge in [-0.2, -0.15) is 0 Å². The molecule has 0 amide bonds. The third-order valence-electron chi connectivity index (χ3n) is 6.05. The number of aromatic nitrogens is 2. The lowest BCUT2D eigenvalue weighted by molar-refractivity contribution is -0.00670. The summed E-state index contributed by atoms with van der Waals surface area (Å²) in [6.07, 6.45) is 10.3. The van der Waals surface area contributed by atoms with Gasteiger partial charge in [0, 0.05) is 12.0 Å². The molecule has 5 rings (SSSR count). The van der Waals surface area contributed by atoms with Crippen LogP contribution >= 0.6 is 0 Å². The number of hydrogen-bond donors (Lipinski definition) is 1. The molecule has 4 aliphatic rings. The van der Waals surface area contributed by atoms with E-state index < -0.39 is 0 Å². The highest BCUT2D eigenvalue weighted by Crippen LogP contribution is 2.61. The minimum Gasteiger partial charge on any atom is -0.384 e. The second-order valence-corrected chi connectivity index (χ2v) is 7.49. The molecule has 0 spiro atoms. The molecule has 3 heteroatoms. The molecule has 1 aromatic rings. The first-order chi connectivity index (χ1) is 9.61. The second-order valence-electron chi connectivity index (χ2n) is 7.49. The number of allylic oxidation sites excluding steroid dienone is 1. The number of anilines is 1. The van der Waals surface area contributed by atoms with Crippen LogP contribution in [0.25, 0.3) is 0 Å². The molecule has 108 valence electrons. The topological polar surface area (TPSA) is 43.8 Å². The van der Waals surface area contributed by atoms with Gasteiger partial charge in [0.05, 0.1) is 5.69 Å². The van der Waals surface area contributed by atoms with Crippen molar-refractivity contribution in [2.45, 2.75) is 57.4 Å². The van der Waals surface area contributed by atoms with Crippen molar-refractivity contribution in [3.8, 4) is 0 Å². The number of rotatable bonds is 3. The number of nitrogens with two attached hydrogens (primary N) is 1. The Morgan fingerprint density at radius 2 is 1.80 bits per heavy atom. The summed E-state index contributed by atoms with van der Waals surface area (Å²) in [5.41, 5.74) is 7.98. The van der Waals surface area contributed by atoms with Crippen molar-refractivity contribution in [2.75, 3.05) is 5.73 Å². The molecule has 0 aliphatic heterocycles. The fraction of sp³-hybridized carbons (Fsp3) is 0.706. The largest absolute Gasteiger partial charge is 0.384 e. The Hall–Kier alpha value is -1.25. The van der Waals surface area contributed by atoms with E-state index in [-0.39, 0.29) is 0 Å². The molecule has 1 aromatic heterocycles. The van der Waals surface area contributed by atoms with E-state index in [1.807, 2.05) is 6.08 Å². The van der Waals surface area contributed by atoms with Crippen molar-refractivity contribution in [1.29, 1.82) is 0 Å². The van der Waals surface area contributed by atoms with Crippen LogP contribution in [0.1, 0.15) is 50.0 Å². The summed E-state index contributed by atoms with van der Waals surface area (Å²) in [4.78, 5) is 4.91. The predicted molar refractivity (Wildman–Crippen MR) is 81.4 cm³/mol. The summed E-state index contributed by atoms with van der Waals surface area (Å²) in [7, 11) is 0. The molecule has 0 atom stereocenters. The first-order valence-electron chi connectivity index (χ1n) is 8.05. The maximum Gasteiger partial charge on any atom is 0.127 e. The lowest BCUT2D eigenvalue weighted by atomic mass is 9.49.